The lowest BCUT2D eigenvalue weighted by atomic mass is 10.0. The largest absolute Gasteiger partial charge is 0.497 e. The number of esters is 1. The molecule has 0 aliphatic carbocycles. The third-order valence-corrected chi connectivity index (χ3v) is 5.36. The van der Waals surface area contributed by atoms with Crippen molar-refractivity contribution in [1.29, 1.82) is 0 Å². The van der Waals surface area contributed by atoms with Crippen molar-refractivity contribution in [3.8, 4) is 22.6 Å². The molecule has 0 atom stereocenters. The summed E-state index contributed by atoms with van der Waals surface area (Å²) in [6.07, 6.45) is 3.07. The van der Waals surface area contributed by atoms with Crippen molar-refractivity contribution in [3.05, 3.63) is 71.1 Å². The lowest BCUT2D eigenvalue weighted by Crippen LogP contribution is -2.12. The summed E-state index contributed by atoms with van der Waals surface area (Å²) in [5.74, 6) is 0.529. The molecule has 7 heteroatoms. The van der Waals surface area contributed by atoms with Crippen molar-refractivity contribution in [2.45, 2.75) is 6.92 Å². The van der Waals surface area contributed by atoms with Crippen LogP contribution in [0.5, 0.6) is 11.5 Å². The van der Waals surface area contributed by atoms with E-state index >= 15 is 0 Å². The molecule has 1 aromatic heterocycles. The van der Waals surface area contributed by atoms with Crippen molar-refractivity contribution >= 4 is 34.3 Å². The average Bonchev–Trinajstić information content (AvgIpc) is 3.21. The standard InChI is InChI=1S/C24H23NO5S/c1-4-30-24(27)22-19(16-9-12-18(28-2)13-10-16)15-31-23(22)25-21(26)14-11-17-7-5-6-8-20(17)29-3/h5-15H,4H2,1-3H3,(H,25,26)/b14-11+. The molecule has 0 saturated carbocycles. The second-order valence-corrected chi connectivity index (χ2v) is 7.25. The second-order valence-electron chi connectivity index (χ2n) is 6.37. The first kappa shape index (κ1) is 22.1. The molecule has 0 radical (unpaired) electrons. The fraction of sp³-hybridized carbons (Fsp3) is 0.167. The molecule has 2 aromatic carbocycles. The number of carbonyl (C=O) groups excluding carboxylic acids is 2. The van der Waals surface area contributed by atoms with Gasteiger partial charge < -0.3 is 19.5 Å². The molecule has 1 heterocycles. The molecule has 160 valence electrons. The number of carbonyl (C=O) groups is 2. The van der Waals surface area contributed by atoms with Crippen LogP contribution in [0.2, 0.25) is 0 Å². The molecule has 3 rings (SSSR count). The number of methoxy groups -OCH3 is 2. The van der Waals surface area contributed by atoms with Crippen LogP contribution in [-0.4, -0.2) is 32.7 Å². The summed E-state index contributed by atoms with van der Waals surface area (Å²) in [4.78, 5) is 25.2. The van der Waals surface area contributed by atoms with Crippen molar-refractivity contribution in [1.82, 2.24) is 0 Å². The average molecular weight is 438 g/mol. The SMILES string of the molecule is CCOC(=O)c1c(-c2ccc(OC)cc2)csc1NC(=O)/C=C/c1ccccc1OC. The van der Waals surface area contributed by atoms with E-state index in [1.807, 2.05) is 53.9 Å². The summed E-state index contributed by atoms with van der Waals surface area (Å²) >= 11 is 1.27. The predicted octanol–water partition coefficient (Wildman–Crippen LogP) is 5.26. The zero-order valence-corrected chi connectivity index (χ0v) is 18.3. The van der Waals surface area contributed by atoms with Gasteiger partial charge >= 0.3 is 5.97 Å². The monoisotopic (exact) mass is 437 g/mol. The third kappa shape index (κ3) is 5.32. The molecule has 31 heavy (non-hydrogen) atoms. The van der Waals surface area contributed by atoms with Crippen LogP contribution >= 0.6 is 11.3 Å². The number of amides is 1. The third-order valence-electron chi connectivity index (χ3n) is 4.46. The van der Waals surface area contributed by atoms with Gasteiger partial charge in [-0.1, -0.05) is 30.3 Å². The number of hydrogen-bond donors (Lipinski definition) is 1. The Morgan fingerprint density at radius 3 is 2.45 bits per heavy atom. The van der Waals surface area contributed by atoms with Gasteiger partial charge in [-0.3, -0.25) is 4.79 Å². The first-order valence-corrected chi connectivity index (χ1v) is 10.5. The fourth-order valence-electron chi connectivity index (χ4n) is 2.96. The van der Waals surface area contributed by atoms with Crippen LogP contribution in [0.25, 0.3) is 17.2 Å². The van der Waals surface area contributed by atoms with Gasteiger partial charge in [0.2, 0.25) is 5.91 Å². The minimum absolute atomic E-state index is 0.234. The number of rotatable bonds is 8. The van der Waals surface area contributed by atoms with Crippen molar-refractivity contribution < 1.29 is 23.8 Å². The van der Waals surface area contributed by atoms with Gasteiger partial charge in [-0.05, 0) is 36.8 Å². The number of thiophene rings is 1. The normalized spacial score (nSPS) is 10.7. The molecule has 0 fully saturated rings. The van der Waals surface area contributed by atoms with Gasteiger partial charge in [0, 0.05) is 22.6 Å². The van der Waals surface area contributed by atoms with Gasteiger partial charge in [0.05, 0.1) is 20.8 Å². The number of hydrogen-bond acceptors (Lipinski definition) is 6. The molecule has 0 bridgehead atoms. The maximum absolute atomic E-state index is 12.7. The van der Waals surface area contributed by atoms with Crippen LogP contribution in [0, 0.1) is 0 Å². The molecule has 0 aliphatic heterocycles. The van der Waals surface area contributed by atoms with E-state index in [0.717, 1.165) is 11.1 Å². The van der Waals surface area contributed by atoms with Crippen LogP contribution in [0.4, 0.5) is 5.00 Å². The smallest absolute Gasteiger partial charge is 0.341 e. The van der Waals surface area contributed by atoms with Gasteiger partial charge in [-0.2, -0.15) is 0 Å². The van der Waals surface area contributed by atoms with E-state index in [9.17, 15) is 9.59 Å². The van der Waals surface area contributed by atoms with E-state index in [1.165, 1.54) is 17.4 Å². The van der Waals surface area contributed by atoms with E-state index in [2.05, 4.69) is 5.32 Å². The molecule has 3 aromatic rings. The second kappa shape index (κ2) is 10.4. The minimum atomic E-state index is -0.487. The van der Waals surface area contributed by atoms with Gasteiger partial charge in [-0.15, -0.1) is 11.3 Å². The lowest BCUT2D eigenvalue weighted by molar-refractivity contribution is -0.111. The Kier molecular flexibility index (Phi) is 7.45. The summed E-state index contributed by atoms with van der Waals surface area (Å²) in [6.45, 7) is 1.98. The highest BCUT2D eigenvalue weighted by Crippen LogP contribution is 2.37. The Balaban J connectivity index is 1.87. The van der Waals surface area contributed by atoms with Gasteiger partial charge in [0.15, 0.2) is 0 Å². The Morgan fingerprint density at radius 2 is 1.77 bits per heavy atom. The van der Waals surface area contributed by atoms with Crippen LogP contribution in [0.1, 0.15) is 22.8 Å². The highest BCUT2D eigenvalue weighted by Gasteiger charge is 2.22. The number of para-hydroxylation sites is 1. The molecular weight excluding hydrogens is 414 g/mol. The number of nitrogens with one attached hydrogen (secondary N) is 1. The lowest BCUT2D eigenvalue weighted by Gasteiger charge is -2.08. The molecule has 1 amide bonds. The Morgan fingerprint density at radius 1 is 1.03 bits per heavy atom. The first-order chi connectivity index (χ1) is 15.1. The Labute approximate surface area is 185 Å². The zero-order valence-electron chi connectivity index (χ0n) is 17.5. The van der Waals surface area contributed by atoms with Crippen LogP contribution in [-0.2, 0) is 9.53 Å². The van der Waals surface area contributed by atoms with Crippen molar-refractivity contribution in [2.24, 2.45) is 0 Å². The quantitative estimate of drug-likeness (QED) is 0.384. The summed E-state index contributed by atoms with van der Waals surface area (Å²) in [5.41, 5.74) is 2.62. The molecular formula is C24H23NO5S. The Bertz CT molecular complexity index is 1090. The predicted molar refractivity (Wildman–Crippen MR) is 123 cm³/mol. The van der Waals surface area contributed by atoms with E-state index in [1.54, 1.807) is 27.2 Å². The summed E-state index contributed by atoms with van der Waals surface area (Å²) in [7, 11) is 3.17. The van der Waals surface area contributed by atoms with Crippen LogP contribution in [0.3, 0.4) is 0 Å². The highest BCUT2D eigenvalue weighted by molar-refractivity contribution is 7.15. The molecule has 0 spiro atoms. The van der Waals surface area contributed by atoms with E-state index < -0.39 is 5.97 Å². The van der Waals surface area contributed by atoms with E-state index in [0.29, 0.717) is 27.6 Å². The van der Waals surface area contributed by atoms with Crippen molar-refractivity contribution in [3.63, 3.8) is 0 Å². The van der Waals surface area contributed by atoms with Crippen LogP contribution < -0.4 is 14.8 Å². The van der Waals surface area contributed by atoms with E-state index in [-0.39, 0.29) is 12.5 Å². The van der Waals surface area contributed by atoms with Crippen molar-refractivity contribution in [2.75, 3.05) is 26.1 Å². The highest BCUT2D eigenvalue weighted by atomic mass is 32.1. The number of anilines is 1. The summed E-state index contributed by atoms with van der Waals surface area (Å²) < 4.78 is 15.7. The topological polar surface area (TPSA) is 73.9 Å². The summed E-state index contributed by atoms with van der Waals surface area (Å²) in [6, 6.07) is 14.7. The van der Waals surface area contributed by atoms with E-state index in [4.69, 9.17) is 14.2 Å². The van der Waals surface area contributed by atoms with Gasteiger partial charge in [0.25, 0.3) is 0 Å². The molecule has 0 aliphatic rings. The molecule has 1 N–H and O–H groups in total. The van der Waals surface area contributed by atoms with Gasteiger partial charge in [0.1, 0.15) is 22.1 Å². The summed E-state index contributed by atoms with van der Waals surface area (Å²) in [5, 5.41) is 5.05. The molecule has 0 unspecified atom stereocenters. The number of benzene rings is 2. The molecule has 6 nitrogen and oxygen atoms in total. The fourth-order valence-corrected chi connectivity index (χ4v) is 3.92. The Hall–Kier alpha value is -3.58. The zero-order chi connectivity index (χ0) is 22.2. The minimum Gasteiger partial charge on any atom is -0.497 e. The van der Waals surface area contributed by atoms with Gasteiger partial charge in [-0.25, -0.2) is 4.79 Å². The maximum atomic E-state index is 12.7. The molecule has 0 saturated heterocycles. The number of ether oxygens (including phenoxy) is 3. The first-order valence-electron chi connectivity index (χ1n) is 9.62. The van der Waals surface area contributed by atoms with Crippen LogP contribution in [0.15, 0.2) is 60.0 Å². The maximum Gasteiger partial charge on any atom is 0.341 e.